The summed E-state index contributed by atoms with van der Waals surface area (Å²) in [6.45, 7) is 1.87. The average Bonchev–Trinajstić information content (AvgIpc) is 3.21. The number of esters is 1. The molecule has 1 aromatic heterocycles. The molecule has 0 saturated heterocycles. The van der Waals surface area contributed by atoms with E-state index in [2.05, 4.69) is 4.99 Å². The molecule has 0 fully saturated rings. The third kappa shape index (κ3) is 4.29. The lowest BCUT2D eigenvalue weighted by atomic mass is 9.95. The highest BCUT2D eigenvalue weighted by atomic mass is 32.1. The lowest BCUT2D eigenvalue weighted by Crippen LogP contribution is -2.40. The van der Waals surface area contributed by atoms with E-state index in [1.807, 2.05) is 37.3 Å². The van der Waals surface area contributed by atoms with Crippen LogP contribution in [0.1, 0.15) is 30.5 Å². The zero-order valence-corrected chi connectivity index (χ0v) is 20.8. The van der Waals surface area contributed by atoms with Gasteiger partial charge in [-0.15, -0.1) is 0 Å². The fraction of sp³-hybridized carbons (Fsp3) is 0.240. The number of benzene rings is 2. The Hall–Kier alpha value is -4.25. The molecule has 0 N–H and O–H groups in total. The summed E-state index contributed by atoms with van der Waals surface area (Å²) >= 11 is 1.12. The first-order valence-corrected chi connectivity index (χ1v) is 11.7. The molecule has 11 heteroatoms. The van der Waals surface area contributed by atoms with Gasteiger partial charge in [-0.25, -0.2) is 9.79 Å². The van der Waals surface area contributed by atoms with Crippen molar-refractivity contribution in [2.45, 2.75) is 19.4 Å². The maximum absolute atomic E-state index is 13.7. The zero-order valence-electron chi connectivity index (χ0n) is 20.0. The molecule has 0 spiro atoms. The molecule has 4 rings (SSSR count). The van der Waals surface area contributed by atoms with Crippen LogP contribution < -0.4 is 24.4 Å². The van der Waals surface area contributed by atoms with Crippen molar-refractivity contribution in [3.8, 4) is 11.5 Å². The summed E-state index contributed by atoms with van der Waals surface area (Å²) < 4.78 is 17.3. The Labute approximate surface area is 209 Å². The summed E-state index contributed by atoms with van der Waals surface area (Å²) in [5.74, 6) is -0.228. The van der Waals surface area contributed by atoms with Crippen LogP contribution in [0.4, 0.5) is 5.69 Å². The van der Waals surface area contributed by atoms with Gasteiger partial charge < -0.3 is 14.2 Å². The van der Waals surface area contributed by atoms with Crippen LogP contribution in [-0.4, -0.2) is 36.8 Å². The Morgan fingerprint density at radius 3 is 2.44 bits per heavy atom. The van der Waals surface area contributed by atoms with E-state index in [1.54, 1.807) is 0 Å². The molecule has 1 aliphatic heterocycles. The predicted molar refractivity (Wildman–Crippen MR) is 133 cm³/mol. The molecule has 0 saturated carbocycles. The Morgan fingerprint density at radius 2 is 1.86 bits per heavy atom. The average molecular weight is 510 g/mol. The first-order chi connectivity index (χ1) is 17.3. The maximum atomic E-state index is 13.7. The number of thiazole rings is 1. The third-order valence-electron chi connectivity index (χ3n) is 5.78. The normalized spacial score (nSPS) is 15.2. The van der Waals surface area contributed by atoms with Crippen LogP contribution >= 0.6 is 11.3 Å². The van der Waals surface area contributed by atoms with Gasteiger partial charge in [0.1, 0.15) is 5.75 Å². The molecule has 1 atom stereocenters. The molecular weight excluding hydrogens is 486 g/mol. The molecule has 3 aromatic rings. The van der Waals surface area contributed by atoms with Gasteiger partial charge in [0.15, 0.2) is 4.80 Å². The zero-order chi connectivity index (χ0) is 26.0. The number of fused-ring (bicyclic) bond motifs is 1. The lowest BCUT2D eigenvalue weighted by Gasteiger charge is -2.25. The summed E-state index contributed by atoms with van der Waals surface area (Å²) in [7, 11) is 4.04. The van der Waals surface area contributed by atoms with Crippen LogP contribution in [0, 0.1) is 10.1 Å². The number of methoxy groups -OCH3 is 3. The number of nitrogens with zero attached hydrogens (tertiary/aromatic N) is 3. The molecule has 1 aliphatic rings. The van der Waals surface area contributed by atoms with Gasteiger partial charge in [-0.2, -0.15) is 0 Å². The van der Waals surface area contributed by atoms with Crippen molar-refractivity contribution in [1.82, 2.24) is 4.57 Å². The molecular formula is C25H23N3O7S. The van der Waals surface area contributed by atoms with Crippen molar-refractivity contribution in [3.05, 3.63) is 94.7 Å². The van der Waals surface area contributed by atoms with Gasteiger partial charge in [-0.3, -0.25) is 19.5 Å². The van der Waals surface area contributed by atoms with Gasteiger partial charge in [0.25, 0.3) is 5.56 Å². The van der Waals surface area contributed by atoms with Crippen molar-refractivity contribution in [1.29, 1.82) is 0 Å². The number of hydrogen-bond donors (Lipinski definition) is 0. The van der Waals surface area contributed by atoms with E-state index in [1.165, 1.54) is 44.1 Å². The highest BCUT2D eigenvalue weighted by Gasteiger charge is 2.33. The molecule has 2 heterocycles. The van der Waals surface area contributed by atoms with Crippen LogP contribution in [0.15, 0.2) is 63.5 Å². The number of carbonyl (C=O) groups excluding carboxylic acids is 1. The van der Waals surface area contributed by atoms with Gasteiger partial charge in [0.05, 0.1) is 48.1 Å². The minimum Gasteiger partial charge on any atom is -0.496 e. The molecule has 186 valence electrons. The summed E-state index contributed by atoms with van der Waals surface area (Å²) in [6, 6.07) is 11.1. The van der Waals surface area contributed by atoms with Gasteiger partial charge in [0.2, 0.25) is 5.75 Å². The SMILES string of the molecule is CCC1=C(C(=O)OC)[C@H](c2ccccc2)n2c(s/c(=C\c3cc([N+](=O)[O-])c(OC)cc3OC)c2=O)=N1. The van der Waals surface area contributed by atoms with Crippen LogP contribution in [0.2, 0.25) is 0 Å². The highest BCUT2D eigenvalue weighted by molar-refractivity contribution is 7.07. The standard InChI is InChI=1S/C25H23N3O7S/c1-5-16-21(24(30)35-4)22(14-9-7-6-8-10-14)27-23(29)20(36-25(27)26-16)12-15-11-17(28(31)32)19(34-3)13-18(15)33-2/h6-13,22H,5H2,1-4H3/b20-12-/t22-/m0/s1. The number of carbonyl (C=O) groups is 1. The number of aromatic nitrogens is 1. The monoisotopic (exact) mass is 509 g/mol. The van der Waals surface area contributed by atoms with Crippen molar-refractivity contribution in [2.24, 2.45) is 4.99 Å². The molecule has 36 heavy (non-hydrogen) atoms. The Balaban J connectivity index is 2.01. The second-order valence-corrected chi connectivity index (χ2v) is 8.73. The highest BCUT2D eigenvalue weighted by Crippen LogP contribution is 2.35. The fourth-order valence-corrected chi connectivity index (χ4v) is 5.13. The van der Waals surface area contributed by atoms with Crippen LogP contribution in [-0.2, 0) is 9.53 Å². The van der Waals surface area contributed by atoms with Gasteiger partial charge in [0, 0.05) is 17.7 Å². The number of rotatable bonds is 7. The Morgan fingerprint density at radius 1 is 1.17 bits per heavy atom. The van der Waals surface area contributed by atoms with E-state index in [0.29, 0.717) is 33.8 Å². The molecule has 0 radical (unpaired) electrons. The van der Waals surface area contributed by atoms with E-state index < -0.39 is 22.5 Å². The second kappa shape index (κ2) is 10.2. The number of hydrogen-bond acceptors (Lipinski definition) is 9. The topological polar surface area (TPSA) is 122 Å². The molecule has 0 aliphatic carbocycles. The molecule has 2 aromatic carbocycles. The van der Waals surface area contributed by atoms with E-state index >= 15 is 0 Å². The van der Waals surface area contributed by atoms with Gasteiger partial charge >= 0.3 is 11.7 Å². The molecule has 10 nitrogen and oxygen atoms in total. The predicted octanol–water partition coefficient (Wildman–Crippen LogP) is 2.72. The quantitative estimate of drug-likeness (QED) is 0.273. The Bertz CT molecular complexity index is 1550. The maximum Gasteiger partial charge on any atom is 0.338 e. The van der Waals surface area contributed by atoms with E-state index in [-0.39, 0.29) is 16.0 Å². The Kier molecular flexibility index (Phi) is 7.02. The smallest absolute Gasteiger partial charge is 0.338 e. The first-order valence-electron chi connectivity index (χ1n) is 10.9. The number of allylic oxidation sites excluding steroid dienone is 1. The van der Waals surface area contributed by atoms with Gasteiger partial charge in [-0.05, 0) is 18.1 Å². The van der Waals surface area contributed by atoms with E-state index in [0.717, 1.165) is 16.9 Å². The molecule has 0 unspecified atom stereocenters. The minimum absolute atomic E-state index is 0.0369. The van der Waals surface area contributed by atoms with E-state index in [4.69, 9.17) is 14.2 Å². The number of nitro benzene ring substituents is 1. The van der Waals surface area contributed by atoms with E-state index in [9.17, 15) is 19.7 Å². The molecule has 0 amide bonds. The number of nitro groups is 1. The van der Waals surface area contributed by atoms with Crippen molar-refractivity contribution < 1.29 is 23.9 Å². The fourth-order valence-electron chi connectivity index (χ4n) is 4.12. The lowest BCUT2D eigenvalue weighted by molar-refractivity contribution is -0.385. The van der Waals surface area contributed by atoms with Crippen molar-refractivity contribution in [2.75, 3.05) is 21.3 Å². The summed E-state index contributed by atoms with van der Waals surface area (Å²) in [4.78, 5) is 42.5. The van der Waals surface area contributed by atoms with Crippen LogP contribution in [0.25, 0.3) is 6.08 Å². The minimum atomic E-state index is -0.737. The largest absolute Gasteiger partial charge is 0.496 e. The van der Waals surface area contributed by atoms with Gasteiger partial charge in [-0.1, -0.05) is 48.6 Å². The first kappa shape index (κ1) is 24.9. The third-order valence-corrected chi connectivity index (χ3v) is 6.76. The van der Waals surface area contributed by atoms with Crippen LogP contribution in [0.3, 0.4) is 0 Å². The van der Waals surface area contributed by atoms with Crippen molar-refractivity contribution >= 4 is 29.1 Å². The number of ether oxygens (including phenoxy) is 3. The summed E-state index contributed by atoms with van der Waals surface area (Å²) in [5, 5.41) is 11.6. The van der Waals surface area contributed by atoms with Crippen LogP contribution in [0.5, 0.6) is 11.5 Å². The van der Waals surface area contributed by atoms with Crippen molar-refractivity contribution in [3.63, 3.8) is 0 Å². The summed E-state index contributed by atoms with van der Waals surface area (Å²) in [5.41, 5.74) is 1.22. The molecule has 0 bridgehead atoms. The second-order valence-electron chi connectivity index (χ2n) is 7.72. The summed E-state index contributed by atoms with van der Waals surface area (Å²) in [6.07, 6.45) is 1.97.